The van der Waals surface area contributed by atoms with Crippen molar-refractivity contribution in [2.24, 2.45) is 11.7 Å². The number of likely N-dealkylation sites (tertiary alicyclic amines) is 1. The molecule has 0 bridgehead atoms. The third-order valence-electron chi connectivity index (χ3n) is 4.23. The second-order valence-corrected chi connectivity index (χ2v) is 5.75. The highest BCUT2D eigenvalue weighted by Gasteiger charge is 2.36. The molecule has 15 heavy (non-hydrogen) atoms. The van der Waals surface area contributed by atoms with Crippen molar-refractivity contribution in [1.29, 1.82) is 0 Å². The van der Waals surface area contributed by atoms with E-state index in [2.05, 4.69) is 11.8 Å². The Labute approximate surface area is 94.2 Å². The first-order chi connectivity index (χ1) is 7.24. The molecule has 1 saturated carbocycles. The largest absolute Gasteiger partial charge is 0.329 e. The minimum atomic E-state index is 0.297. The molecule has 1 aliphatic heterocycles. The molecule has 0 radical (unpaired) electrons. The zero-order valence-corrected chi connectivity index (χ0v) is 10.2. The molecular formula is C13H26N2. The van der Waals surface area contributed by atoms with Gasteiger partial charge in [-0.1, -0.05) is 25.7 Å². The third-order valence-corrected chi connectivity index (χ3v) is 4.23. The summed E-state index contributed by atoms with van der Waals surface area (Å²) in [4.78, 5) is 2.68. The van der Waals surface area contributed by atoms with E-state index < -0.39 is 0 Å². The van der Waals surface area contributed by atoms with Crippen molar-refractivity contribution in [3.8, 4) is 0 Å². The smallest absolute Gasteiger partial charge is 0.0306 e. The number of rotatable bonds is 4. The lowest BCUT2D eigenvalue weighted by Crippen LogP contribution is -2.52. The second kappa shape index (κ2) is 4.84. The molecule has 88 valence electrons. The summed E-state index contributed by atoms with van der Waals surface area (Å²) in [5, 5.41) is 0. The van der Waals surface area contributed by atoms with Gasteiger partial charge in [0.2, 0.25) is 0 Å². The van der Waals surface area contributed by atoms with E-state index in [4.69, 9.17) is 5.73 Å². The Morgan fingerprint density at radius 2 is 1.73 bits per heavy atom. The molecule has 0 spiro atoms. The summed E-state index contributed by atoms with van der Waals surface area (Å²) in [5.41, 5.74) is 6.32. The normalized spacial score (nSPS) is 28.4. The lowest BCUT2D eigenvalue weighted by molar-refractivity contribution is 0.0999. The van der Waals surface area contributed by atoms with Crippen LogP contribution in [0.15, 0.2) is 0 Å². The lowest BCUT2D eigenvalue weighted by atomic mass is 9.92. The maximum atomic E-state index is 6.02. The summed E-state index contributed by atoms with van der Waals surface area (Å²) < 4.78 is 0. The Morgan fingerprint density at radius 1 is 1.13 bits per heavy atom. The van der Waals surface area contributed by atoms with Crippen LogP contribution in [0.2, 0.25) is 0 Å². The van der Waals surface area contributed by atoms with E-state index in [0.29, 0.717) is 5.54 Å². The van der Waals surface area contributed by atoms with Crippen LogP contribution in [0.4, 0.5) is 0 Å². The topological polar surface area (TPSA) is 29.3 Å². The van der Waals surface area contributed by atoms with Gasteiger partial charge in [0.05, 0.1) is 0 Å². The van der Waals surface area contributed by atoms with Gasteiger partial charge in [0.1, 0.15) is 0 Å². The molecule has 0 aromatic heterocycles. The van der Waals surface area contributed by atoms with E-state index in [-0.39, 0.29) is 0 Å². The van der Waals surface area contributed by atoms with E-state index in [1.165, 1.54) is 58.0 Å². The number of hydrogen-bond donors (Lipinski definition) is 1. The highest BCUT2D eigenvalue weighted by atomic mass is 15.2. The molecule has 2 nitrogen and oxygen atoms in total. The van der Waals surface area contributed by atoms with Crippen molar-refractivity contribution in [3.05, 3.63) is 0 Å². The molecule has 1 atom stereocenters. The minimum absolute atomic E-state index is 0.297. The van der Waals surface area contributed by atoms with Crippen molar-refractivity contribution < 1.29 is 0 Å². The molecule has 2 N–H and O–H groups in total. The summed E-state index contributed by atoms with van der Waals surface area (Å²) >= 11 is 0. The van der Waals surface area contributed by atoms with E-state index in [0.717, 1.165) is 12.5 Å². The van der Waals surface area contributed by atoms with Crippen molar-refractivity contribution in [3.63, 3.8) is 0 Å². The molecule has 2 heteroatoms. The molecule has 1 unspecified atom stereocenters. The molecule has 2 fully saturated rings. The maximum Gasteiger partial charge on any atom is 0.0306 e. The molecule has 0 aromatic carbocycles. The first kappa shape index (κ1) is 11.4. The van der Waals surface area contributed by atoms with E-state index in [1.54, 1.807) is 0 Å². The molecular weight excluding hydrogens is 184 g/mol. The van der Waals surface area contributed by atoms with Crippen molar-refractivity contribution in [1.82, 2.24) is 4.90 Å². The predicted octanol–water partition coefficient (Wildman–Crippen LogP) is 2.38. The summed E-state index contributed by atoms with van der Waals surface area (Å²) in [6, 6.07) is 0. The van der Waals surface area contributed by atoms with Gasteiger partial charge >= 0.3 is 0 Å². The van der Waals surface area contributed by atoms with Crippen LogP contribution in [0, 0.1) is 5.92 Å². The van der Waals surface area contributed by atoms with E-state index in [9.17, 15) is 0 Å². The zero-order valence-electron chi connectivity index (χ0n) is 10.2. The van der Waals surface area contributed by atoms with Gasteiger partial charge in [-0.05, 0) is 45.2 Å². The van der Waals surface area contributed by atoms with Gasteiger partial charge in [0, 0.05) is 12.1 Å². The van der Waals surface area contributed by atoms with Crippen molar-refractivity contribution in [2.45, 2.75) is 57.4 Å². The highest BCUT2D eigenvalue weighted by molar-refractivity contribution is 4.93. The Morgan fingerprint density at radius 3 is 2.20 bits per heavy atom. The fourth-order valence-corrected chi connectivity index (χ4v) is 2.90. The molecule has 1 aliphatic carbocycles. The quantitative estimate of drug-likeness (QED) is 0.772. The zero-order chi connectivity index (χ0) is 10.7. The van der Waals surface area contributed by atoms with Crippen LogP contribution in [0.1, 0.15) is 51.9 Å². The predicted molar refractivity (Wildman–Crippen MR) is 64.8 cm³/mol. The van der Waals surface area contributed by atoms with Gasteiger partial charge in [0.25, 0.3) is 0 Å². The summed E-state index contributed by atoms with van der Waals surface area (Å²) in [5.74, 6) is 0.988. The van der Waals surface area contributed by atoms with Gasteiger partial charge in [-0.2, -0.15) is 0 Å². The van der Waals surface area contributed by atoms with Gasteiger partial charge in [0.15, 0.2) is 0 Å². The number of nitrogens with zero attached hydrogens (tertiary/aromatic N) is 1. The van der Waals surface area contributed by atoms with Crippen LogP contribution >= 0.6 is 0 Å². The van der Waals surface area contributed by atoms with Crippen LogP contribution in [-0.4, -0.2) is 30.1 Å². The maximum absolute atomic E-state index is 6.02. The summed E-state index contributed by atoms with van der Waals surface area (Å²) in [7, 11) is 0. The van der Waals surface area contributed by atoms with Crippen LogP contribution in [0.5, 0.6) is 0 Å². The molecule has 1 heterocycles. The van der Waals surface area contributed by atoms with Crippen LogP contribution in [-0.2, 0) is 0 Å². The second-order valence-electron chi connectivity index (χ2n) is 5.75. The Kier molecular flexibility index (Phi) is 3.68. The first-order valence-electron chi connectivity index (χ1n) is 6.70. The molecule has 0 amide bonds. The highest BCUT2D eigenvalue weighted by Crippen LogP contribution is 2.39. The standard InChI is InChI=1S/C13H26N2/c1-13(11-14,10-12-6-7-12)15-8-4-2-3-5-9-15/h12H,2-11,14H2,1H3. The molecule has 0 aromatic rings. The number of hydrogen-bond acceptors (Lipinski definition) is 2. The van der Waals surface area contributed by atoms with Crippen LogP contribution < -0.4 is 5.73 Å². The van der Waals surface area contributed by atoms with Crippen LogP contribution in [0.25, 0.3) is 0 Å². The van der Waals surface area contributed by atoms with Crippen molar-refractivity contribution in [2.75, 3.05) is 19.6 Å². The lowest BCUT2D eigenvalue weighted by Gasteiger charge is -2.40. The summed E-state index contributed by atoms with van der Waals surface area (Å²) in [6.07, 6.45) is 9.82. The minimum Gasteiger partial charge on any atom is -0.329 e. The third kappa shape index (κ3) is 2.94. The van der Waals surface area contributed by atoms with Crippen LogP contribution in [0.3, 0.4) is 0 Å². The van der Waals surface area contributed by atoms with Gasteiger partial charge < -0.3 is 5.73 Å². The average Bonchev–Trinajstić information content (AvgIpc) is 3.02. The fraction of sp³-hybridized carbons (Fsp3) is 1.00. The molecule has 2 aliphatic rings. The Balaban J connectivity index is 1.94. The molecule has 1 saturated heterocycles. The number of nitrogens with two attached hydrogens (primary N) is 1. The first-order valence-corrected chi connectivity index (χ1v) is 6.70. The fourth-order valence-electron chi connectivity index (χ4n) is 2.90. The van der Waals surface area contributed by atoms with Gasteiger partial charge in [-0.15, -0.1) is 0 Å². The summed E-state index contributed by atoms with van der Waals surface area (Å²) in [6.45, 7) is 5.78. The average molecular weight is 210 g/mol. The van der Waals surface area contributed by atoms with Gasteiger partial charge in [-0.25, -0.2) is 0 Å². The van der Waals surface area contributed by atoms with Gasteiger partial charge in [-0.3, -0.25) is 4.90 Å². The van der Waals surface area contributed by atoms with E-state index in [1.807, 2.05) is 0 Å². The Hall–Kier alpha value is -0.0800. The SMILES string of the molecule is CC(CN)(CC1CC1)N1CCCCCC1. The monoisotopic (exact) mass is 210 g/mol. The van der Waals surface area contributed by atoms with E-state index >= 15 is 0 Å². The molecule has 2 rings (SSSR count). The van der Waals surface area contributed by atoms with Crippen molar-refractivity contribution >= 4 is 0 Å². The Bertz CT molecular complexity index is 193.